The molecule has 0 aliphatic rings. The summed E-state index contributed by atoms with van der Waals surface area (Å²) in [5.74, 6) is 0.828. The van der Waals surface area contributed by atoms with Gasteiger partial charge in [0.05, 0.1) is 0 Å². The van der Waals surface area contributed by atoms with Gasteiger partial charge in [0.25, 0.3) is 0 Å². The SMILES string of the molecule is CCC(CCN)CCCN(C)Cc1ccsc1. The highest BCUT2D eigenvalue weighted by molar-refractivity contribution is 7.07. The Morgan fingerprint density at radius 1 is 1.41 bits per heavy atom. The molecule has 0 bridgehead atoms. The Balaban J connectivity index is 2.13. The Morgan fingerprint density at radius 3 is 2.82 bits per heavy atom. The number of hydrogen-bond acceptors (Lipinski definition) is 3. The van der Waals surface area contributed by atoms with Crippen molar-refractivity contribution in [3.8, 4) is 0 Å². The van der Waals surface area contributed by atoms with E-state index in [2.05, 4.69) is 35.7 Å². The highest BCUT2D eigenvalue weighted by atomic mass is 32.1. The first kappa shape index (κ1) is 14.7. The lowest BCUT2D eigenvalue weighted by atomic mass is 9.96. The van der Waals surface area contributed by atoms with Crippen LogP contribution in [-0.2, 0) is 6.54 Å². The molecule has 0 aliphatic carbocycles. The number of hydrogen-bond donors (Lipinski definition) is 1. The summed E-state index contributed by atoms with van der Waals surface area (Å²) in [4.78, 5) is 2.41. The normalized spacial score (nSPS) is 13.2. The summed E-state index contributed by atoms with van der Waals surface area (Å²) in [7, 11) is 2.21. The molecule has 1 heterocycles. The van der Waals surface area contributed by atoms with Crippen molar-refractivity contribution >= 4 is 11.3 Å². The lowest BCUT2D eigenvalue weighted by molar-refractivity contribution is 0.301. The van der Waals surface area contributed by atoms with E-state index >= 15 is 0 Å². The van der Waals surface area contributed by atoms with Crippen molar-refractivity contribution in [1.29, 1.82) is 0 Å². The molecular weight excluding hydrogens is 228 g/mol. The predicted octanol–water partition coefficient (Wildman–Crippen LogP) is 3.34. The van der Waals surface area contributed by atoms with Crippen LogP contribution >= 0.6 is 11.3 Å². The molecule has 1 atom stereocenters. The fourth-order valence-corrected chi connectivity index (χ4v) is 2.87. The molecule has 2 N–H and O–H groups in total. The monoisotopic (exact) mass is 254 g/mol. The van der Waals surface area contributed by atoms with Crippen LogP contribution in [0.2, 0.25) is 0 Å². The molecule has 1 unspecified atom stereocenters. The number of thiophene rings is 1. The number of rotatable bonds is 9. The van der Waals surface area contributed by atoms with Crippen molar-refractivity contribution < 1.29 is 0 Å². The van der Waals surface area contributed by atoms with Crippen LogP contribution in [0.3, 0.4) is 0 Å². The molecule has 0 spiro atoms. The molecule has 1 aromatic heterocycles. The Kier molecular flexibility index (Phi) is 7.49. The quantitative estimate of drug-likeness (QED) is 0.732. The van der Waals surface area contributed by atoms with E-state index in [4.69, 9.17) is 5.73 Å². The van der Waals surface area contributed by atoms with Crippen molar-refractivity contribution in [3.05, 3.63) is 22.4 Å². The van der Waals surface area contributed by atoms with Gasteiger partial charge in [0, 0.05) is 6.54 Å². The van der Waals surface area contributed by atoms with E-state index in [-0.39, 0.29) is 0 Å². The molecule has 1 aromatic rings. The largest absolute Gasteiger partial charge is 0.330 e. The van der Waals surface area contributed by atoms with Crippen molar-refractivity contribution in [3.63, 3.8) is 0 Å². The highest BCUT2D eigenvalue weighted by Gasteiger charge is 2.06. The van der Waals surface area contributed by atoms with E-state index in [1.807, 2.05) is 0 Å². The van der Waals surface area contributed by atoms with E-state index in [0.29, 0.717) is 0 Å². The summed E-state index contributed by atoms with van der Waals surface area (Å²) < 4.78 is 0. The smallest absolute Gasteiger partial charge is 0.0238 e. The van der Waals surface area contributed by atoms with Gasteiger partial charge in [-0.05, 0) is 67.7 Å². The second-order valence-electron chi connectivity index (χ2n) is 4.86. The zero-order valence-electron chi connectivity index (χ0n) is 11.2. The van der Waals surface area contributed by atoms with Gasteiger partial charge in [-0.1, -0.05) is 13.3 Å². The fourth-order valence-electron chi connectivity index (χ4n) is 2.21. The molecule has 1 rings (SSSR count). The number of nitrogens with zero attached hydrogens (tertiary/aromatic N) is 1. The van der Waals surface area contributed by atoms with Gasteiger partial charge in [-0.25, -0.2) is 0 Å². The van der Waals surface area contributed by atoms with Gasteiger partial charge in [-0.15, -0.1) is 0 Å². The van der Waals surface area contributed by atoms with Crippen LogP contribution < -0.4 is 5.73 Å². The van der Waals surface area contributed by atoms with Gasteiger partial charge in [-0.3, -0.25) is 0 Å². The maximum atomic E-state index is 5.62. The average molecular weight is 254 g/mol. The van der Waals surface area contributed by atoms with Gasteiger partial charge >= 0.3 is 0 Å². The minimum absolute atomic E-state index is 0.828. The molecule has 0 radical (unpaired) electrons. The fraction of sp³-hybridized carbons (Fsp3) is 0.714. The van der Waals surface area contributed by atoms with Crippen LogP contribution in [-0.4, -0.2) is 25.0 Å². The topological polar surface area (TPSA) is 29.3 Å². The third-order valence-corrected chi connectivity index (χ3v) is 4.07. The second-order valence-corrected chi connectivity index (χ2v) is 5.64. The zero-order chi connectivity index (χ0) is 12.5. The van der Waals surface area contributed by atoms with Gasteiger partial charge in [0.2, 0.25) is 0 Å². The van der Waals surface area contributed by atoms with E-state index in [9.17, 15) is 0 Å². The third kappa shape index (κ3) is 6.20. The first-order valence-electron chi connectivity index (χ1n) is 6.66. The van der Waals surface area contributed by atoms with Crippen molar-refractivity contribution in [2.24, 2.45) is 11.7 Å². The molecular formula is C14H26N2S. The lowest BCUT2D eigenvalue weighted by Crippen LogP contribution is -2.19. The summed E-state index contributed by atoms with van der Waals surface area (Å²) in [6.07, 6.45) is 5.07. The number of nitrogens with two attached hydrogens (primary N) is 1. The molecule has 0 saturated carbocycles. The summed E-state index contributed by atoms with van der Waals surface area (Å²) in [6.45, 7) is 5.38. The molecule has 17 heavy (non-hydrogen) atoms. The van der Waals surface area contributed by atoms with Crippen LogP contribution in [0.25, 0.3) is 0 Å². The maximum Gasteiger partial charge on any atom is 0.0238 e. The molecule has 2 nitrogen and oxygen atoms in total. The molecule has 0 amide bonds. The molecule has 98 valence electrons. The van der Waals surface area contributed by atoms with Crippen molar-refractivity contribution in [2.45, 2.75) is 39.2 Å². The lowest BCUT2D eigenvalue weighted by Gasteiger charge is -2.18. The van der Waals surface area contributed by atoms with Gasteiger partial charge in [-0.2, -0.15) is 11.3 Å². The first-order valence-corrected chi connectivity index (χ1v) is 7.60. The second kappa shape index (κ2) is 8.67. The predicted molar refractivity (Wildman–Crippen MR) is 77.3 cm³/mol. The van der Waals surface area contributed by atoms with Gasteiger partial charge < -0.3 is 10.6 Å². The maximum absolute atomic E-state index is 5.62. The summed E-state index contributed by atoms with van der Waals surface area (Å²) in [5, 5.41) is 4.39. The van der Waals surface area contributed by atoms with Crippen LogP contribution in [0.5, 0.6) is 0 Å². The molecule has 0 fully saturated rings. The van der Waals surface area contributed by atoms with Gasteiger partial charge in [0.15, 0.2) is 0 Å². The Labute approximate surface area is 110 Å². The summed E-state index contributed by atoms with van der Waals surface area (Å²) in [5.41, 5.74) is 7.05. The minimum Gasteiger partial charge on any atom is -0.330 e. The van der Waals surface area contributed by atoms with E-state index in [1.54, 1.807) is 11.3 Å². The average Bonchev–Trinajstić information content (AvgIpc) is 2.80. The van der Waals surface area contributed by atoms with E-state index in [1.165, 1.54) is 37.8 Å². The zero-order valence-corrected chi connectivity index (χ0v) is 12.0. The Bertz CT molecular complexity index is 272. The summed E-state index contributed by atoms with van der Waals surface area (Å²) in [6, 6.07) is 2.21. The minimum atomic E-state index is 0.828. The van der Waals surface area contributed by atoms with Crippen molar-refractivity contribution in [2.75, 3.05) is 20.1 Å². The van der Waals surface area contributed by atoms with Crippen LogP contribution in [0, 0.1) is 5.92 Å². The first-order chi connectivity index (χ1) is 8.26. The molecule has 0 aliphatic heterocycles. The van der Waals surface area contributed by atoms with Crippen LogP contribution in [0.1, 0.15) is 38.2 Å². The van der Waals surface area contributed by atoms with Crippen LogP contribution in [0.15, 0.2) is 16.8 Å². The molecule has 0 aromatic carbocycles. The van der Waals surface area contributed by atoms with E-state index < -0.39 is 0 Å². The van der Waals surface area contributed by atoms with Crippen LogP contribution in [0.4, 0.5) is 0 Å². The van der Waals surface area contributed by atoms with Gasteiger partial charge in [0.1, 0.15) is 0 Å². The standard InChI is InChI=1S/C14H26N2S/c1-3-13(6-8-15)5-4-9-16(2)11-14-7-10-17-12-14/h7,10,12-13H,3-6,8-9,11,15H2,1-2H3. The molecule has 0 saturated heterocycles. The third-order valence-electron chi connectivity index (χ3n) is 3.34. The van der Waals surface area contributed by atoms with E-state index in [0.717, 1.165) is 19.0 Å². The molecule has 3 heteroatoms. The Hall–Kier alpha value is -0.380. The Morgan fingerprint density at radius 2 is 2.24 bits per heavy atom. The van der Waals surface area contributed by atoms with Crippen molar-refractivity contribution in [1.82, 2.24) is 4.90 Å². The summed E-state index contributed by atoms with van der Waals surface area (Å²) >= 11 is 1.78. The highest BCUT2D eigenvalue weighted by Crippen LogP contribution is 2.15.